The lowest BCUT2D eigenvalue weighted by Gasteiger charge is -2.14. The summed E-state index contributed by atoms with van der Waals surface area (Å²) in [5.74, 6) is 0.853. The van der Waals surface area contributed by atoms with E-state index in [9.17, 15) is 0 Å². The molecule has 1 heterocycles. The Labute approximate surface area is 152 Å². The third-order valence-corrected chi connectivity index (χ3v) is 3.73. The molecular formula is C15H23BrIN3O. The SMILES string of the molecule is CCNC(=NCc1ccc(Br)cc1)NCC1CCCO1.I. The highest BCUT2D eigenvalue weighted by Gasteiger charge is 2.15. The highest BCUT2D eigenvalue weighted by Crippen LogP contribution is 2.11. The maximum absolute atomic E-state index is 5.61. The number of hydrogen-bond donors (Lipinski definition) is 2. The zero-order valence-electron chi connectivity index (χ0n) is 12.3. The second kappa shape index (κ2) is 10.4. The molecule has 0 bridgehead atoms. The van der Waals surface area contributed by atoms with Gasteiger partial charge in [-0.25, -0.2) is 4.99 Å². The van der Waals surface area contributed by atoms with E-state index >= 15 is 0 Å². The van der Waals surface area contributed by atoms with Crippen molar-refractivity contribution < 1.29 is 4.74 Å². The molecule has 0 aliphatic carbocycles. The van der Waals surface area contributed by atoms with Crippen LogP contribution in [0.2, 0.25) is 0 Å². The van der Waals surface area contributed by atoms with Crippen LogP contribution in [0.15, 0.2) is 33.7 Å². The van der Waals surface area contributed by atoms with Crippen LogP contribution in [0.3, 0.4) is 0 Å². The van der Waals surface area contributed by atoms with Crippen molar-refractivity contribution in [3.8, 4) is 0 Å². The highest BCUT2D eigenvalue weighted by atomic mass is 127. The van der Waals surface area contributed by atoms with Crippen LogP contribution in [-0.2, 0) is 11.3 Å². The molecule has 1 aliphatic rings. The van der Waals surface area contributed by atoms with Gasteiger partial charge in [-0.1, -0.05) is 28.1 Å². The van der Waals surface area contributed by atoms with Crippen molar-refractivity contribution in [2.24, 2.45) is 4.99 Å². The molecule has 21 heavy (non-hydrogen) atoms. The molecule has 1 aromatic rings. The van der Waals surface area contributed by atoms with E-state index in [1.54, 1.807) is 0 Å². The summed E-state index contributed by atoms with van der Waals surface area (Å²) in [7, 11) is 0. The Kier molecular flexibility index (Phi) is 9.26. The van der Waals surface area contributed by atoms with E-state index in [2.05, 4.69) is 50.6 Å². The van der Waals surface area contributed by atoms with Crippen molar-refractivity contribution in [3.05, 3.63) is 34.3 Å². The van der Waals surface area contributed by atoms with Crippen molar-refractivity contribution in [2.75, 3.05) is 19.7 Å². The van der Waals surface area contributed by atoms with Gasteiger partial charge in [0.2, 0.25) is 0 Å². The van der Waals surface area contributed by atoms with E-state index in [0.717, 1.165) is 36.5 Å². The maximum atomic E-state index is 5.61. The summed E-state index contributed by atoms with van der Waals surface area (Å²) < 4.78 is 6.70. The summed E-state index contributed by atoms with van der Waals surface area (Å²) in [6.45, 7) is 5.32. The Hall–Kier alpha value is -0.340. The predicted molar refractivity (Wildman–Crippen MR) is 101 cm³/mol. The fraction of sp³-hybridized carbons (Fsp3) is 0.533. The normalized spacial score (nSPS) is 18.2. The van der Waals surface area contributed by atoms with Crippen molar-refractivity contribution in [1.29, 1.82) is 0 Å². The first kappa shape index (κ1) is 18.7. The number of nitrogens with one attached hydrogen (secondary N) is 2. The van der Waals surface area contributed by atoms with Crippen LogP contribution in [0.25, 0.3) is 0 Å². The molecular weight excluding hydrogens is 445 g/mol. The van der Waals surface area contributed by atoms with E-state index in [4.69, 9.17) is 4.74 Å². The molecule has 118 valence electrons. The summed E-state index contributed by atoms with van der Waals surface area (Å²) in [6, 6.07) is 8.24. The highest BCUT2D eigenvalue weighted by molar-refractivity contribution is 14.0. The van der Waals surface area contributed by atoms with E-state index in [1.807, 2.05) is 12.1 Å². The Morgan fingerprint density at radius 1 is 1.33 bits per heavy atom. The molecule has 1 aromatic carbocycles. The lowest BCUT2D eigenvalue weighted by atomic mass is 10.2. The third-order valence-electron chi connectivity index (χ3n) is 3.20. The molecule has 0 saturated carbocycles. The standard InChI is InChI=1S/C15H22BrN3O.HI/c1-2-17-15(19-11-14-4-3-9-20-14)18-10-12-5-7-13(16)8-6-12;/h5-8,14H,2-4,9-11H2,1H3,(H2,17,18,19);1H. The minimum atomic E-state index is 0. The molecule has 0 radical (unpaired) electrons. The monoisotopic (exact) mass is 467 g/mol. The van der Waals surface area contributed by atoms with Gasteiger partial charge in [0.15, 0.2) is 5.96 Å². The number of nitrogens with zero attached hydrogens (tertiary/aromatic N) is 1. The first-order valence-electron chi connectivity index (χ1n) is 7.16. The molecule has 0 spiro atoms. The average Bonchev–Trinajstić information content (AvgIpc) is 2.97. The van der Waals surface area contributed by atoms with Gasteiger partial charge in [-0.15, -0.1) is 24.0 Å². The van der Waals surface area contributed by atoms with Gasteiger partial charge in [0.05, 0.1) is 12.6 Å². The Morgan fingerprint density at radius 3 is 2.71 bits per heavy atom. The number of guanidine groups is 1. The number of hydrogen-bond acceptors (Lipinski definition) is 2. The molecule has 6 heteroatoms. The van der Waals surface area contributed by atoms with Gasteiger partial charge in [-0.05, 0) is 37.5 Å². The molecule has 1 atom stereocenters. The summed E-state index contributed by atoms with van der Waals surface area (Å²) in [5.41, 5.74) is 1.20. The smallest absolute Gasteiger partial charge is 0.191 e. The molecule has 2 N–H and O–H groups in total. The molecule has 1 aliphatic heterocycles. The van der Waals surface area contributed by atoms with E-state index < -0.39 is 0 Å². The second-order valence-electron chi connectivity index (χ2n) is 4.84. The van der Waals surface area contributed by atoms with Crippen molar-refractivity contribution >= 4 is 45.9 Å². The van der Waals surface area contributed by atoms with Gasteiger partial charge in [-0.3, -0.25) is 0 Å². The minimum Gasteiger partial charge on any atom is -0.376 e. The third kappa shape index (κ3) is 6.97. The Balaban J connectivity index is 0.00000220. The van der Waals surface area contributed by atoms with Gasteiger partial charge in [0.1, 0.15) is 0 Å². The number of ether oxygens (including phenoxy) is 1. The fourth-order valence-electron chi connectivity index (χ4n) is 2.12. The second-order valence-corrected chi connectivity index (χ2v) is 5.75. The zero-order valence-corrected chi connectivity index (χ0v) is 16.2. The summed E-state index contributed by atoms with van der Waals surface area (Å²) >= 11 is 3.44. The van der Waals surface area contributed by atoms with E-state index in [1.165, 1.54) is 12.0 Å². The Bertz CT molecular complexity index is 433. The predicted octanol–water partition coefficient (Wildman–Crippen LogP) is 3.30. The van der Waals surface area contributed by atoms with Crippen LogP contribution >= 0.6 is 39.9 Å². The van der Waals surface area contributed by atoms with Gasteiger partial charge in [-0.2, -0.15) is 0 Å². The topological polar surface area (TPSA) is 45.7 Å². The zero-order chi connectivity index (χ0) is 14.2. The number of aliphatic imine (C=N–C) groups is 1. The van der Waals surface area contributed by atoms with Crippen LogP contribution < -0.4 is 10.6 Å². The van der Waals surface area contributed by atoms with Gasteiger partial charge >= 0.3 is 0 Å². The summed E-state index contributed by atoms with van der Waals surface area (Å²) in [6.07, 6.45) is 2.63. The fourth-order valence-corrected chi connectivity index (χ4v) is 2.38. The minimum absolute atomic E-state index is 0. The molecule has 1 saturated heterocycles. The maximum Gasteiger partial charge on any atom is 0.191 e. The number of benzene rings is 1. The number of rotatable bonds is 5. The van der Waals surface area contributed by atoms with Crippen molar-refractivity contribution in [2.45, 2.75) is 32.4 Å². The van der Waals surface area contributed by atoms with Gasteiger partial charge in [0, 0.05) is 24.2 Å². The van der Waals surface area contributed by atoms with Crippen LogP contribution in [0.1, 0.15) is 25.3 Å². The van der Waals surface area contributed by atoms with Gasteiger partial charge < -0.3 is 15.4 Å². The summed E-state index contributed by atoms with van der Waals surface area (Å²) in [4.78, 5) is 4.60. The Morgan fingerprint density at radius 2 is 2.10 bits per heavy atom. The largest absolute Gasteiger partial charge is 0.376 e. The summed E-state index contributed by atoms with van der Waals surface area (Å²) in [5, 5.41) is 6.61. The van der Waals surface area contributed by atoms with Crippen LogP contribution in [0, 0.1) is 0 Å². The van der Waals surface area contributed by atoms with Crippen LogP contribution in [0.4, 0.5) is 0 Å². The average molecular weight is 468 g/mol. The molecule has 4 nitrogen and oxygen atoms in total. The first-order chi connectivity index (χ1) is 9.78. The van der Waals surface area contributed by atoms with E-state index in [0.29, 0.717) is 12.6 Å². The van der Waals surface area contributed by atoms with Crippen molar-refractivity contribution in [3.63, 3.8) is 0 Å². The van der Waals surface area contributed by atoms with Crippen molar-refractivity contribution in [1.82, 2.24) is 10.6 Å². The van der Waals surface area contributed by atoms with Crippen LogP contribution in [-0.4, -0.2) is 31.8 Å². The number of halogens is 2. The molecule has 0 amide bonds. The van der Waals surface area contributed by atoms with Gasteiger partial charge in [0.25, 0.3) is 0 Å². The molecule has 2 rings (SSSR count). The van der Waals surface area contributed by atoms with Crippen LogP contribution in [0.5, 0.6) is 0 Å². The molecule has 1 fully saturated rings. The lowest BCUT2D eigenvalue weighted by Crippen LogP contribution is -2.41. The lowest BCUT2D eigenvalue weighted by molar-refractivity contribution is 0.114. The molecule has 1 unspecified atom stereocenters. The van der Waals surface area contributed by atoms with E-state index in [-0.39, 0.29) is 24.0 Å². The first-order valence-corrected chi connectivity index (χ1v) is 7.95. The molecule has 0 aromatic heterocycles. The quantitative estimate of drug-likeness (QED) is 0.396.